The van der Waals surface area contributed by atoms with Crippen LogP contribution in [-0.4, -0.2) is 0 Å². The summed E-state index contributed by atoms with van der Waals surface area (Å²) in [5, 5.41) is 0. The van der Waals surface area contributed by atoms with E-state index in [0.29, 0.717) is 0 Å². The molecule has 1 aromatic rings. The highest BCUT2D eigenvalue weighted by Crippen LogP contribution is 2.23. The van der Waals surface area contributed by atoms with Crippen molar-refractivity contribution in [3.8, 4) is 0 Å². The van der Waals surface area contributed by atoms with Gasteiger partial charge in [-0.1, -0.05) is 31.2 Å². The van der Waals surface area contributed by atoms with Crippen LogP contribution in [0.2, 0.25) is 0 Å². The maximum atomic E-state index is 5.83. The number of benzene rings is 1. The summed E-state index contributed by atoms with van der Waals surface area (Å²) in [6.07, 6.45) is 3.15. The smallest absolute Gasteiger partial charge is 0.0390 e. The second-order valence-corrected chi connectivity index (χ2v) is 2.75. The molecule has 0 radical (unpaired) electrons. The van der Waals surface area contributed by atoms with Gasteiger partial charge >= 0.3 is 0 Å². The summed E-state index contributed by atoms with van der Waals surface area (Å²) in [6, 6.07) is 7.98. The summed E-state index contributed by atoms with van der Waals surface area (Å²) in [5.74, 6) is 0. The van der Waals surface area contributed by atoms with Crippen molar-refractivity contribution in [2.45, 2.75) is 20.3 Å². The Morgan fingerprint density at radius 2 is 2.08 bits per heavy atom. The second kappa shape index (κ2) is 3.96. The number of hydrogen-bond acceptors (Lipinski definition) is 1. The van der Waals surface area contributed by atoms with Gasteiger partial charge in [0.05, 0.1) is 0 Å². The minimum absolute atomic E-state index is 0.868. The fraction of sp³-hybridized carbons (Fsp3) is 0.273. The van der Waals surface area contributed by atoms with Crippen molar-refractivity contribution in [3.05, 3.63) is 35.9 Å². The minimum atomic E-state index is 0.868. The van der Waals surface area contributed by atoms with Gasteiger partial charge in [0.25, 0.3) is 0 Å². The van der Waals surface area contributed by atoms with Crippen molar-refractivity contribution >= 4 is 11.3 Å². The van der Waals surface area contributed by atoms with E-state index < -0.39 is 0 Å². The zero-order valence-electron chi connectivity index (χ0n) is 7.67. The number of rotatable bonds is 2. The van der Waals surface area contributed by atoms with Crippen LogP contribution in [0, 0.1) is 0 Å². The Balaban J connectivity index is 3.10. The van der Waals surface area contributed by atoms with Gasteiger partial charge in [-0.2, -0.15) is 0 Å². The number of para-hydroxylation sites is 1. The van der Waals surface area contributed by atoms with E-state index in [-0.39, 0.29) is 0 Å². The lowest BCUT2D eigenvalue weighted by atomic mass is 10.0. The average molecular weight is 161 g/mol. The van der Waals surface area contributed by atoms with E-state index in [0.717, 1.165) is 12.1 Å². The molecule has 0 fully saturated rings. The van der Waals surface area contributed by atoms with Gasteiger partial charge in [0.2, 0.25) is 0 Å². The molecule has 0 aliphatic carbocycles. The first-order valence-electron chi connectivity index (χ1n) is 4.29. The van der Waals surface area contributed by atoms with Crippen molar-refractivity contribution in [3.63, 3.8) is 0 Å². The Hall–Kier alpha value is -1.24. The number of nitrogens with two attached hydrogens (primary N) is 1. The standard InChI is InChI=1S/C11H15N/c1-3-9(4-2)10-7-5-6-8-11(10)12/h3,5-8H,4,12H2,1-2H3/b9-3+. The molecule has 0 aliphatic heterocycles. The first kappa shape index (κ1) is 8.85. The van der Waals surface area contributed by atoms with E-state index >= 15 is 0 Å². The molecule has 0 spiro atoms. The third-order valence-electron chi connectivity index (χ3n) is 2.04. The Labute approximate surface area is 73.9 Å². The predicted octanol–water partition coefficient (Wildman–Crippen LogP) is 3.08. The molecule has 2 N–H and O–H groups in total. The van der Waals surface area contributed by atoms with E-state index in [1.54, 1.807) is 0 Å². The van der Waals surface area contributed by atoms with Crippen molar-refractivity contribution < 1.29 is 0 Å². The zero-order chi connectivity index (χ0) is 8.97. The molecule has 0 aromatic heterocycles. The Kier molecular flexibility index (Phi) is 2.92. The van der Waals surface area contributed by atoms with Crippen molar-refractivity contribution in [1.82, 2.24) is 0 Å². The molecule has 1 aromatic carbocycles. The van der Waals surface area contributed by atoms with E-state index in [4.69, 9.17) is 5.73 Å². The van der Waals surface area contributed by atoms with Gasteiger partial charge in [-0.15, -0.1) is 0 Å². The third kappa shape index (κ3) is 1.67. The predicted molar refractivity (Wildman–Crippen MR) is 54.8 cm³/mol. The topological polar surface area (TPSA) is 26.0 Å². The molecule has 0 saturated heterocycles. The molecule has 0 amide bonds. The summed E-state index contributed by atoms with van der Waals surface area (Å²) in [7, 11) is 0. The molecule has 1 heteroatoms. The number of allylic oxidation sites excluding steroid dienone is 2. The van der Waals surface area contributed by atoms with E-state index in [1.807, 2.05) is 25.1 Å². The van der Waals surface area contributed by atoms with Gasteiger partial charge < -0.3 is 5.73 Å². The number of hydrogen-bond donors (Lipinski definition) is 1. The molecule has 0 atom stereocenters. The zero-order valence-corrected chi connectivity index (χ0v) is 7.67. The van der Waals surface area contributed by atoms with Crippen LogP contribution in [0.25, 0.3) is 5.57 Å². The lowest BCUT2D eigenvalue weighted by Crippen LogP contribution is -1.92. The Bertz CT molecular complexity index is 287. The monoisotopic (exact) mass is 161 g/mol. The highest BCUT2D eigenvalue weighted by molar-refractivity contribution is 5.74. The van der Waals surface area contributed by atoms with Crippen LogP contribution < -0.4 is 5.73 Å². The number of nitrogen functional groups attached to an aromatic ring is 1. The first-order chi connectivity index (χ1) is 5.79. The maximum Gasteiger partial charge on any atom is 0.0390 e. The van der Waals surface area contributed by atoms with Gasteiger partial charge in [0, 0.05) is 11.3 Å². The van der Waals surface area contributed by atoms with E-state index in [1.165, 1.54) is 11.1 Å². The lowest BCUT2D eigenvalue weighted by molar-refractivity contribution is 1.23. The molecular formula is C11H15N. The van der Waals surface area contributed by atoms with Crippen LogP contribution in [0.4, 0.5) is 5.69 Å². The van der Waals surface area contributed by atoms with Gasteiger partial charge in [0.15, 0.2) is 0 Å². The first-order valence-corrected chi connectivity index (χ1v) is 4.29. The average Bonchev–Trinajstić information content (AvgIpc) is 2.10. The molecule has 0 heterocycles. The van der Waals surface area contributed by atoms with Crippen LogP contribution in [0.15, 0.2) is 30.3 Å². The van der Waals surface area contributed by atoms with Crippen LogP contribution >= 0.6 is 0 Å². The largest absolute Gasteiger partial charge is 0.398 e. The van der Waals surface area contributed by atoms with Gasteiger partial charge in [-0.05, 0) is 25.0 Å². The highest BCUT2D eigenvalue weighted by atomic mass is 14.6. The SMILES string of the molecule is C/C=C(\CC)c1ccccc1N. The third-order valence-corrected chi connectivity index (χ3v) is 2.04. The molecule has 64 valence electrons. The summed E-state index contributed by atoms with van der Waals surface area (Å²) < 4.78 is 0. The van der Waals surface area contributed by atoms with Crippen LogP contribution in [0.1, 0.15) is 25.8 Å². The van der Waals surface area contributed by atoms with Crippen molar-refractivity contribution in [2.75, 3.05) is 5.73 Å². The summed E-state index contributed by atoms with van der Waals surface area (Å²) in [5.41, 5.74) is 9.18. The summed E-state index contributed by atoms with van der Waals surface area (Å²) in [6.45, 7) is 4.19. The van der Waals surface area contributed by atoms with E-state index in [9.17, 15) is 0 Å². The summed E-state index contributed by atoms with van der Waals surface area (Å²) >= 11 is 0. The number of anilines is 1. The Morgan fingerprint density at radius 3 is 2.58 bits per heavy atom. The maximum absolute atomic E-state index is 5.83. The molecule has 12 heavy (non-hydrogen) atoms. The molecule has 1 rings (SSSR count). The van der Waals surface area contributed by atoms with Gasteiger partial charge in [-0.25, -0.2) is 0 Å². The van der Waals surface area contributed by atoms with E-state index in [2.05, 4.69) is 19.1 Å². The van der Waals surface area contributed by atoms with Gasteiger partial charge in [-0.3, -0.25) is 0 Å². The minimum Gasteiger partial charge on any atom is -0.398 e. The molecule has 0 aliphatic rings. The highest BCUT2D eigenvalue weighted by Gasteiger charge is 2.00. The van der Waals surface area contributed by atoms with Crippen LogP contribution in [0.5, 0.6) is 0 Å². The second-order valence-electron chi connectivity index (χ2n) is 2.75. The fourth-order valence-electron chi connectivity index (χ4n) is 1.34. The molecule has 0 unspecified atom stereocenters. The summed E-state index contributed by atoms with van der Waals surface area (Å²) in [4.78, 5) is 0. The molecular weight excluding hydrogens is 146 g/mol. The van der Waals surface area contributed by atoms with Crippen LogP contribution in [0.3, 0.4) is 0 Å². The van der Waals surface area contributed by atoms with Crippen molar-refractivity contribution in [2.24, 2.45) is 0 Å². The molecule has 1 nitrogen and oxygen atoms in total. The normalized spacial score (nSPS) is 11.7. The molecule has 0 bridgehead atoms. The quantitative estimate of drug-likeness (QED) is 0.663. The lowest BCUT2D eigenvalue weighted by Gasteiger charge is -2.06. The fourth-order valence-corrected chi connectivity index (χ4v) is 1.34. The van der Waals surface area contributed by atoms with Crippen molar-refractivity contribution in [1.29, 1.82) is 0 Å². The van der Waals surface area contributed by atoms with Gasteiger partial charge in [0.1, 0.15) is 0 Å². The molecule has 0 saturated carbocycles. The Morgan fingerprint density at radius 1 is 1.42 bits per heavy atom. The van der Waals surface area contributed by atoms with Crippen LogP contribution in [-0.2, 0) is 0 Å².